The summed E-state index contributed by atoms with van der Waals surface area (Å²) in [4.78, 5) is 94.5. The van der Waals surface area contributed by atoms with Crippen molar-refractivity contribution in [2.45, 2.75) is 169 Å². The average Bonchev–Trinajstić information content (AvgIpc) is 4.23. The first kappa shape index (κ1) is 60.6. The standard InChI is InChI=1S/C28H38N4O3.C22H40N4O4.C11H8O2/c1-17(29-5)25(33)31-24(28(2,3)4)27(35)32-16-15-19-13-14-22(23(19)32)30-26(34)21-12-8-10-18-9-6-7-11-20(18)21;1-13(25(8)20(29)30-22(5,6)7)18(27)24-17(21(2,3)4)19(28)26-12-11-14-9-10-15(23)16(14)26;12-11(13)10-7-3-5-8-4-1-2-6-9(8)10/h6-12,17,19,22-24,29H,13-16H2,1-5H3,(H,30,34)(H,31,33);13-17H,9-12,23H2,1-8H3,(H,24,27);1-7H,(H,12,13)/t17-,19?,22?,23?,24+;13-,14?,15?,16?,17+;/m00./s1. The smallest absolute Gasteiger partial charge is 0.410 e. The van der Waals surface area contributed by atoms with Gasteiger partial charge in [0.15, 0.2) is 0 Å². The zero-order valence-electron chi connectivity index (χ0n) is 48.1. The lowest BCUT2D eigenvalue weighted by molar-refractivity contribution is -0.141. The normalized spacial score (nSPS) is 22.3. The molecule has 6 unspecified atom stereocenters. The van der Waals surface area contributed by atoms with Gasteiger partial charge in [-0.1, -0.05) is 114 Å². The van der Waals surface area contributed by atoms with E-state index in [2.05, 4.69) is 21.3 Å². The lowest BCUT2D eigenvalue weighted by atomic mass is 9.85. The van der Waals surface area contributed by atoms with E-state index in [1.54, 1.807) is 53.8 Å². The number of carbonyl (C=O) groups is 7. The van der Waals surface area contributed by atoms with Crippen molar-refractivity contribution in [1.29, 1.82) is 0 Å². The maximum absolute atomic E-state index is 13.8. The molecule has 2 saturated heterocycles. The molecule has 0 radical (unpaired) electrons. The second-order valence-corrected chi connectivity index (χ2v) is 24.8. The maximum atomic E-state index is 13.8. The minimum Gasteiger partial charge on any atom is -0.478 e. The summed E-state index contributed by atoms with van der Waals surface area (Å²) in [6, 6.07) is 23.8. The molecule has 4 aliphatic rings. The number of amides is 6. The monoisotopic (exact) mass is 1070 g/mol. The van der Waals surface area contributed by atoms with E-state index >= 15 is 0 Å². The predicted octanol–water partition coefficient (Wildman–Crippen LogP) is 7.74. The number of hydrogen-bond acceptors (Lipinski definition) is 10. The lowest BCUT2D eigenvalue weighted by Gasteiger charge is -2.38. The highest BCUT2D eigenvalue weighted by Gasteiger charge is 2.50. The van der Waals surface area contributed by atoms with Crippen LogP contribution in [0.2, 0.25) is 0 Å². The van der Waals surface area contributed by atoms with E-state index in [0.717, 1.165) is 60.1 Å². The van der Waals surface area contributed by atoms with E-state index in [9.17, 15) is 33.6 Å². The molecule has 0 aromatic heterocycles. The molecule has 4 aromatic carbocycles. The Bertz CT molecular complexity index is 2810. The van der Waals surface area contributed by atoms with Gasteiger partial charge in [-0.25, -0.2) is 9.59 Å². The summed E-state index contributed by atoms with van der Waals surface area (Å²) in [7, 11) is 3.25. The van der Waals surface area contributed by atoms with Crippen molar-refractivity contribution in [2.75, 3.05) is 27.2 Å². The fraction of sp³-hybridized carbons (Fsp3) is 0.557. The summed E-state index contributed by atoms with van der Waals surface area (Å²) < 4.78 is 5.35. The van der Waals surface area contributed by atoms with Crippen molar-refractivity contribution in [1.82, 2.24) is 36.0 Å². The number of carbonyl (C=O) groups excluding carboxylic acids is 6. The average molecular weight is 1080 g/mol. The van der Waals surface area contributed by atoms with Crippen LogP contribution in [0.15, 0.2) is 84.9 Å². The summed E-state index contributed by atoms with van der Waals surface area (Å²) >= 11 is 0. The minimum atomic E-state index is -0.878. The number of ether oxygens (including phenoxy) is 1. The van der Waals surface area contributed by atoms with Crippen LogP contribution in [0.5, 0.6) is 0 Å². The van der Waals surface area contributed by atoms with Crippen LogP contribution in [0.1, 0.15) is 135 Å². The Morgan fingerprint density at radius 1 is 0.628 bits per heavy atom. The number of fused-ring (bicyclic) bond motifs is 4. The zero-order valence-corrected chi connectivity index (χ0v) is 48.1. The first-order valence-corrected chi connectivity index (χ1v) is 27.6. The van der Waals surface area contributed by atoms with Gasteiger partial charge in [0, 0.05) is 43.8 Å². The number of nitrogens with two attached hydrogens (primary N) is 1. The molecule has 2 heterocycles. The quantitative estimate of drug-likeness (QED) is 0.0851. The van der Waals surface area contributed by atoms with Crippen molar-refractivity contribution >= 4 is 63.1 Å². The van der Waals surface area contributed by atoms with Crippen molar-refractivity contribution in [3.63, 3.8) is 0 Å². The number of hydrogen-bond donors (Lipinski definition) is 6. The highest BCUT2D eigenvalue weighted by atomic mass is 16.6. The molecule has 424 valence electrons. The Morgan fingerprint density at radius 3 is 1.60 bits per heavy atom. The van der Waals surface area contributed by atoms with Crippen LogP contribution in [-0.4, -0.2) is 143 Å². The Morgan fingerprint density at radius 2 is 1.09 bits per heavy atom. The number of likely N-dealkylation sites (tertiary alicyclic amines) is 2. The maximum Gasteiger partial charge on any atom is 0.410 e. The fourth-order valence-corrected chi connectivity index (χ4v) is 11.4. The minimum absolute atomic E-state index is 0.00463. The van der Waals surface area contributed by atoms with Crippen LogP contribution in [0.4, 0.5) is 4.79 Å². The number of nitrogens with one attached hydrogen (secondary N) is 4. The lowest BCUT2D eigenvalue weighted by Crippen LogP contribution is -2.60. The molecule has 2 aliphatic carbocycles. The Balaban J connectivity index is 0.000000207. The van der Waals surface area contributed by atoms with Crippen LogP contribution in [-0.2, 0) is 23.9 Å². The number of nitrogens with zero attached hydrogens (tertiary/aromatic N) is 3. The summed E-state index contributed by atoms with van der Waals surface area (Å²) in [5, 5.41) is 24.7. The molecule has 0 spiro atoms. The first-order valence-electron chi connectivity index (χ1n) is 27.6. The van der Waals surface area contributed by atoms with Gasteiger partial charge in [0.1, 0.15) is 23.7 Å². The third-order valence-corrected chi connectivity index (χ3v) is 15.9. The molecule has 4 fully saturated rings. The van der Waals surface area contributed by atoms with Gasteiger partial charge in [-0.2, -0.15) is 0 Å². The number of rotatable bonds is 11. The van der Waals surface area contributed by atoms with E-state index in [-0.39, 0.29) is 53.7 Å². The van der Waals surface area contributed by atoms with Gasteiger partial charge in [-0.3, -0.25) is 28.9 Å². The summed E-state index contributed by atoms with van der Waals surface area (Å²) in [6.07, 6.45) is 5.13. The van der Waals surface area contributed by atoms with Gasteiger partial charge in [-0.15, -0.1) is 0 Å². The second-order valence-electron chi connectivity index (χ2n) is 24.8. The molecule has 17 nitrogen and oxygen atoms in total. The number of benzene rings is 4. The molecule has 2 saturated carbocycles. The molecule has 2 aliphatic heterocycles. The van der Waals surface area contributed by atoms with E-state index in [4.69, 9.17) is 15.6 Å². The van der Waals surface area contributed by atoms with Gasteiger partial charge in [0.05, 0.1) is 17.6 Å². The first-order chi connectivity index (χ1) is 36.5. The molecule has 7 N–H and O–H groups in total. The molecule has 78 heavy (non-hydrogen) atoms. The summed E-state index contributed by atoms with van der Waals surface area (Å²) in [6.45, 7) is 21.8. The fourth-order valence-electron chi connectivity index (χ4n) is 11.4. The highest BCUT2D eigenvalue weighted by Crippen LogP contribution is 2.41. The third-order valence-electron chi connectivity index (χ3n) is 15.9. The molecule has 8 rings (SSSR count). The Hall–Kier alpha value is -6.59. The molecule has 17 heteroatoms. The molecule has 0 bridgehead atoms. The van der Waals surface area contributed by atoms with Gasteiger partial charge in [-0.05, 0) is 137 Å². The van der Waals surface area contributed by atoms with Crippen molar-refractivity contribution < 1.29 is 43.4 Å². The van der Waals surface area contributed by atoms with Crippen LogP contribution in [0, 0.1) is 22.7 Å². The van der Waals surface area contributed by atoms with Crippen LogP contribution < -0.4 is 27.0 Å². The molecule has 6 amide bonds. The summed E-state index contributed by atoms with van der Waals surface area (Å²) in [5.41, 5.74) is 5.72. The van der Waals surface area contributed by atoms with Crippen molar-refractivity contribution in [3.05, 3.63) is 96.1 Å². The topological polar surface area (TPSA) is 233 Å². The SMILES string of the molecule is CN[C@@H](C)C(=O)N[C@H](C(=O)N1CCC2CCC(NC(=O)c3cccc4ccccc34)C21)C(C)(C)C.C[C@@H](C(=O)N[C@H](C(=O)N1CCC2CCC(N)C21)C(C)(C)C)N(C)C(=O)OC(C)(C)C.O=C(O)c1cccc2ccccc12. The highest BCUT2D eigenvalue weighted by molar-refractivity contribution is 6.07. The zero-order chi connectivity index (χ0) is 57.6. The van der Waals surface area contributed by atoms with E-state index in [0.29, 0.717) is 36.1 Å². The number of carboxylic acid groups (broad SMARTS) is 1. The Kier molecular flexibility index (Phi) is 19.5. The van der Waals surface area contributed by atoms with Gasteiger partial charge in [0.25, 0.3) is 5.91 Å². The van der Waals surface area contributed by atoms with Gasteiger partial charge in [0.2, 0.25) is 23.6 Å². The van der Waals surface area contributed by atoms with E-state index in [1.807, 2.05) is 124 Å². The second kappa shape index (κ2) is 25.0. The van der Waals surface area contributed by atoms with E-state index in [1.165, 1.54) is 11.9 Å². The van der Waals surface area contributed by atoms with E-state index < -0.39 is 52.7 Å². The molecular weight excluding hydrogens is 989 g/mol. The third kappa shape index (κ3) is 14.4. The number of carboxylic acids is 1. The number of aromatic carboxylic acids is 1. The predicted molar refractivity (Wildman–Crippen MR) is 305 cm³/mol. The molecule has 10 atom stereocenters. The Labute approximate surface area is 461 Å². The van der Waals surface area contributed by atoms with Gasteiger partial charge >= 0.3 is 12.1 Å². The molecule has 4 aromatic rings. The molecular formula is C61H86N8O9. The van der Waals surface area contributed by atoms with Crippen molar-refractivity contribution in [3.8, 4) is 0 Å². The van der Waals surface area contributed by atoms with Crippen LogP contribution in [0.3, 0.4) is 0 Å². The van der Waals surface area contributed by atoms with Crippen LogP contribution in [0.25, 0.3) is 21.5 Å². The summed E-state index contributed by atoms with van der Waals surface area (Å²) in [5.74, 6) is -0.887. The number of likely N-dealkylation sites (N-methyl/N-ethyl adjacent to an activating group) is 2. The largest absolute Gasteiger partial charge is 0.478 e. The van der Waals surface area contributed by atoms with Crippen molar-refractivity contribution in [2.24, 2.45) is 28.4 Å². The van der Waals surface area contributed by atoms with Crippen LogP contribution >= 0.6 is 0 Å². The van der Waals surface area contributed by atoms with Gasteiger partial charge < -0.3 is 46.6 Å².